The van der Waals surface area contributed by atoms with Gasteiger partial charge >= 0.3 is 0 Å². The molecule has 0 aliphatic heterocycles. The fourth-order valence-corrected chi connectivity index (χ4v) is 6.82. The number of hydrazone groups is 1. The maximum absolute atomic E-state index is 13.7. The molecule has 0 atom stereocenters. The van der Waals surface area contributed by atoms with Crippen molar-refractivity contribution in [2.45, 2.75) is 63.8 Å². The van der Waals surface area contributed by atoms with Gasteiger partial charge in [0, 0.05) is 10.9 Å². The molecule has 1 aromatic carbocycles. The lowest BCUT2D eigenvalue weighted by molar-refractivity contribution is -0.121. The number of nitrogens with zero attached hydrogens (tertiary/aromatic N) is 2. The van der Waals surface area contributed by atoms with Crippen LogP contribution in [-0.4, -0.2) is 37.4 Å². The first-order valence-corrected chi connectivity index (χ1v) is 12.6. The van der Waals surface area contributed by atoms with Crippen LogP contribution in [0, 0.1) is 20.8 Å². The summed E-state index contributed by atoms with van der Waals surface area (Å²) in [7, 11) is -3.82. The second-order valence-electron chi connectivity index (χ2n) is 7.88. The summed E-state index contributed by atoms with van der Waals surface area (Å²) in [6, 6.07) is 7.38. The zero-order chi connectivity index (χ0) is 21.7. The highest BCUT2D eigenvalue weighted by atomic mass is 32.2. The Bertz CT molecular complexity index is 985. The van der Waals surface area contributed by atoms with Gasteiger partial charge < -0.3 is 0 Å². The average molecular weight is 448 g/mol. The van der Waals surface area contributed by atoms with Crippen LogP contribution in [0.25, 0.3) is 0 Å². The van der Waals surface area contributed by atoms with Crippen molar-refractivity contribution in [3.8, 4) is 0 Å². The molecule has 0 bridgehead atoms. The zero-order valence-electron chi connectivity index (χ0n) is 17.7. The molecule has 0 unspecified atom stereocenters. The van der Waals surface area contributed by atoms with Gasteiger partial charge in [-0.3, -0.25) is 4.79 Å². The second kappa shape index (κ2) is 9.85. The number of hydrogen-bond donors (Lipinski definition) is 1. The molecule has 1 aliphatic carbocycles. The van der Waals surface area contributed by atoms with Gasteiger partial charge in [0.1, 0.15) is 0 Å². The lowest BCUT2D eigenvalue weighted by Crippen LogP contribution is -2.46. The van der Waals surface area contributed by atoms with E-state index in [0.29, 0.717) is 16.0 Å². The van der Waals surface area contributed by atoms with E-state index >= 15 is 0 Å². The third kappa shape index (κ3) is 5.36. The fourth-order valence-electron chi connectivity index (χ4n) is 4.18. The summed E-state index contributed by atoms with van der Waals surface area (Å²) in [5.41, 5.74) is 4.93. The SMILES string of the molecule is Cc1cc(C)c(S(=O)(=O)N(CC(=O)NN=Cc2cccs2)C2CCCCC2)c(C)c1. The minimum Gasteiger partial charge on any atom is -0.272 e. The van der Waals surface area contributed by atoms with E-state index in [9.17, 15) is 13.2 Å². The van der Waals surface area contributed by atoms with E-state index in [-0.39, 0.29) is 12.6 Å². The van der Waals surface area contributed by atoms with E-state index in [2.05, 4.69) is 10.5 Å². The number of benzene rings is 1. The minimum absolute atomic E-state index is 0.170. The third-order valence-corrected chi connectivity index (χ3v) is 8.39. The summed E-state index contributed by atoms with van der Waals surface area (Å²) in [5.74, 6) is -0.431. The third-order valence-electron chi connectivity index (χ3n) is 5.38. The number of carbonyl (C=O) groups is 1. The molecular weight excluding hydrogens is 418 g/mol. The lowest BCUT2D eigenvalue weighted by atomic mass is 9.95. The van der Waals surface area contributed by atoms with Crippen molar-refractivity contribution < 1.29 is 13.2 Å². The Morgan fingerprint density at radius 2 is 1.87 bits per heavy atom. The summed E-state index contributed by atoms with van der Waals surface area (Å²) in [4.78, 5) is 13.8. The van der Waals surface area contributed by atoms with E-state index in [1.165, 1.54) is 15.6 Å². The topological polar surface area (TPSA) is 78.8 Å². The second-order valence-corrected chi connectivity index (χ2v) is 10.7. The van der Waals surface area contributed by atoms with Crippen LogP contribution >= 0.6 is 11.3 Å². The first-order valence-electron chi connectivity index (χ1n) is 10.2. The number of amides is 1. The van der Waals surface area contributed by atoms with E-state index < -0.39 is 15.9 Å². The normalized spacial score (nSPS) is 15.7. The van der Waals surface area contributed by atoms with Crippen LogP contribution in [0.4, 0.5) is 0 Å². The molecule has 8 heteroatoms. The van der Waals surface area contributed by atoms with Crippen molar-refractivity contribution in [3.63, 3.8) is 0 Å². The number of rotatable bonds is 7. The quantitative estimate of drug-likeness (QED) is 0.512. The molecule has 0 spiro atoms. The van der Waals surface area contributed by atoms with Crippen LogP contribution in [0.2, 0.25) is 0 Å². The highest BCUT2D eigenvalue weighted by Gasteiger charge is 2.35. The van der Waals surface area contributed by atoms with Gasteiger partial charge in [-0.15, -0.1) is 11.3 Å². The Morgan fingerprint density at radius 1 is 1.20 bits per heavy atom. The monoisotopic (exact) mass is 447 g/mol. The molecule has 1 heterocycles. The van der Waals surface area contributed by atoms with Crippen LogP contribution in [0.3, 0.4) is 0 Å². The molecule has 0 saturated heterocycles. The van der Waals surface area contributed by atoms with Crippen LogP contribution < -0.4 is 5.43 Å². The summed E-state index contributed by atoms with van der Waals surface area (Å²) < 4.78 is 28.8. The maximum Gasteiger partial charge on any atom is 0.255 e. The first kappa shape index (κ1) is 22.7. The predicted octanol–water partition coefficient (Wildman–Crippen LogP) is 4.15. The van der Waals surface area contributed by atoms with Gasteiger partial charge in [0.25, 0.3) is 5.91 Å². The van der Waals surface area contributed by atoms with Crippen molar-refractivity contribution in [2.24, 2.45) is 5.10 Å². The molecule has 162 valence electrons. The van der Waals surface area contributed by atoms with Gasteiger partial charge in [-0.05, 0) is 56.2 Å². The number of thiophene rings is 1. The molecule has 1 saturated carbocycles. The molecular formula is C22H29N3O3S2. The Hall–Kier alpha value is -2.03. The summed E-state index contributed by atoms with van der Waals surface area (Å²) in [6.07, 6.45) is 6.16. The van der Waals surface area contributed by atoms with Gasteiger partial charge in [-0.2, -0.15) is 9.41 Å². The van der Waals surface area contributed by atoms with Gasteiger partial charge in [0.2, 0.25) is 10.0 Å². The molecule has 6 nitrogen and oxygen atoms in total. The number of carbonyl (C=O) groups excluding carboxylic acids is 1. The van der Waals surface area contributed by atoms with Crippen molar-refractivity contribution in [1.82, 2.24) is 9.73 Å². The van der Waals surface area contributed by atoms with Crippen molar-refractivity contribution >= 4 is 33.5 Å². The zero-order valence-corrected chi connectivity index (χ0v) is 19.4. The highest BCUT2D eigenvalue weighted by Crippen LogP contribution is 2.31. The Labute approximate surface area is 183 Å². The summed E-state index contributed by atoms with van der Waals surface area (Å²) in [5, 5.41) is 5.90. The Morgan fingerprint density at radius 3 is 2.47 bits per heavy atom. The molecule has 2 aromatic rings. The highest BCUT2D eigenvalue weighted by molar-refractivity contribution is 7.89. The van der Waals surface area contributed by atoms with Crippen LogP contribution in [0.1, 0.15) is 53.7 Å². The van der Waals surface area contributed by atoms with Gasteiger partial charge in [0.05, 0.1) is 17.7 Å². The number of sulfonamides is 1. The minimum atomic E-state index is -3.82. The number of hydrogen-bond acceptors (Lipinski definition) is 5. The van der Waals surface area contributed by atoms with E-state index in [1.54, 1.807) is 6.21 Å². The van der Waals surface area contributed by atoms with Gasteiger partial charge in [-0.1, -0.05) is 43.0 Å². The largest absolute Gasteiger partial charge is 0.272 e. The number of aryl methyl sites for hydroxylation is 3. The van der Waals surface area contributed by atoms with Crippen molar-refractivity contribution in [2.75, 3.05) is 6.54 Å². The maximum atomic E-state index is 13.7. The molecule has 1 aliphatic rings. The molecule has 0 radical (unpaired) electrons. The van der Waals surface area contributed by atoms with Crippen LogP contribution in [0.5, 0.6) is 0 Å². The molecule has 3 rings (SSSR count). The molecule has 30 heavy (non-hydrogen) atoms. The molecule has 1 N–H and O–H groups in total. The van der Waals surface area contributed by atoms with E-state index in [0.717, 1.165) is 42.5 Å². The Kier molecular flexibility index (Phi) is 7.44. The Balaban J connectivity index is 1.86. The number of nitrogens with one attached hydrogen (secondary N) is 1. The molecule has 1 fully saturated rings. The average Bonchev–Trinajstić information content (AvgIpc) is 3.19. The molecule has 1 aromatic heterocycles. The van der Waals surface area contributed by atoms with Crippen molar-refractivity contribution in [1.29, 1.82) is 0 Å². The van der Waals surface area contributed by atoms with Gasteiger partial charge in [0.15, 0.2) is 0 Å². The standard InChI is InChI=1S/C22H29N3O3S2/c1-16-12-17(2)22(18(3)13-16)30(27,28)25(19-8-5-4-6-9-19)15-21(26)24-23-14-20-10-7-11-29-20/h7,10-14,19H,4-6,8-9,15H2,1-3H3,(H,24,26). The lowest BCUT2D eigenvalue weighted by Gasteiger charge is -2.33. The van der Waals surface area contributed by atoms with Gasteiger partial charge in [-0.25, -0.2) is 13.8 Å². The van der Waals surface area contributed by atoms with E-state index in [4.69, 9.17) is 0 Å². The predicted molar refractivity (Wildman–Crippen MR) is 121 cm³/mol. The van der Waals surface area contributed by atoms with Crippen molar-refractivity contribution in [3.05, 3.63) is 51.2 Å². The molecule has 1 amide bonds. The first-order chi connectivity index (χ1) is 14.3. The van der Waals surface area contributed by atoms with Crippen LogP contribution in [-0.2, 0) is 14.8 Å². The summed E-state index contributed by atoms with van der Waals surface area (Å²) in [6.45, 7) is 5.35. The van der Waals surface area contributed by atoms with Crippen LogP contribution in [0.15, 0.2) is 39.6 Å². The van der Waals surface area contributed by atoms with E-state index in [1.807, 2.05) is 50.4 Å². The fraction of sp³-hybridized carbons (Fsp3) is 0.455. The summed E-state index contributed by atoms with van der Waals surface area (Å²) >= 11 is 1.51. The smallest absolute Gasteiger partial charge is 0.255 e.